The van der Waals surface area contributed by atoms with Crippen LogP contribution in [0.1, 0.15) is 17.0 Å². The van der Waals surface area contributed by atoms with Gasteiger partial charge in [0.2, 0.25) is 0 Å². The van der Waals surface area contributed by atoms with Gasteiger partial charge in [-0.2, -0.15) is 0 Å². The first-order chi connectivity index (χ1) is 9.40. The summed E-state index contributed by atoms with van der Waals surface area (Å²) < 4.78 is 13.8. The van der Waals surface area contributed by atoms with Gasteiger partial charge in [0, 0.05) is 11.4 Å². The Morgan fingerprint density at radius 3 is 2.70 bits per heavy atom. The molecule has 0 bridgehead atoms. The zero-order valence-electron chi connectivity index (χ0n) is 11.0. The van der Waals surface area contributed by atoms with Crippen LogP contribution < -0.4 is 11.1 Å². The summed E-state index contributed by atoms with van der Waals surface area (Å²) in [6.07, 6.45) is 0. The van der Waals surface area contributed by atoms with E-state index in [-0.39, 0.29) is 15.7 Å². The number of benzene rings is 1. The average molecular weight is 310 g/mol. The molecule has 20 heavy (non-hydrogen) atoms. The number of thiocarbonyl (C=S) groups is 1. The molecule has 0 spiro atoms. The number of hydrogen-bond acceptors (Lipinski definition) is 3. The van der Waals surface area contributed by atoms with E-state index >= 15 is 0 Å². The molecule has 6 heteroatoms. The summed E-state index contributed by atoms with van der Waals surface area (Å²) in [5.41, 5.74) is 8.55. The van der Waals surface area contributed by atoms with Crippen LogP contribution in [-0.2, 0) is 0 Å². The summed E-state index contributed by atoms with van der Waals surface area (Å²) in [7, 11) is 0. The summed E-state index contributed by atoms with van der Waals surface area (Å²) >= 11 is 11.0. The van der Waals surface area contributed by atoms with Crippen LogP contribution in [0.2, 0.25) is 5.02 Å². The Bertz CT molecular complexity index is 668. The molecule has 104 valence electrons. The van der Waals surface area contributed by atoms with Crippen LogP contribution in [0.4, 0.5) is 15.8 Å². The van der Waals surface area contributed by atoms with Gasteiger partial charge in [-0.3, -0.25) is 4.98 Å². The summed E-state index contributed by atoms with van der Waals surface area (Å²) in [4.78, 5) is 4.51. The van der Waals surface area contributed by atoms with E-state index in [9.17, 15) is 4.39 Å². The van der Waals surface area contributed by atoms with Gasteiger partial charge in [0.1, 0.15) is 10.8 Å². The number of nitrogens with zero attached hydrogens (tertiary/aromatic N) is 1. The summed E-state index contributed by atoms with van der Waals surface area (Å²) in [5.74, 6) is -0.446. The van der Waals surface area contributed by atoms with Crippen molar-refractivity contribution in [2.45, 2.75) is 13.8 Å². The maximum atomic E-state index is 13.8. The lowest BCUT2D eigenvalue weighted by Gasteiger charge is -2.15. The van der Waals surface area contributed by atoms with Crippen LogP contribution in [0.15, 0.2) is 24.3 Å². The Labute approximate surface area is 127 Å². The first kappa shape index (κ1) is 14.7. The van der Waals surface area contributed by atoms with Crippen molar-refractivity contribution in [2.24, 2.45) is 5.73 Å². The van der Waals surface area contributed by atoms with E-state index in [0.29, 0.717) is 16.9 Å². The van der Waals surface area contributed by atoms with Crippen LogP contribution in [0.3, 0.4) is 0 Å². The lowest BCUT2D eigenvalue weighted by molar-refractivity contribution is 0.632. The van der Waals surface area contributed by atoms with E-state index in [4.69, 9.17) is 29.6 Å². The first-order valence-electron chi connectivity index (χ1n) is 5.89. The SMILES string of the molecule is Cc1cc(Nc2c(F)cccc2Cl)c(C(N)=S)c(C)n1. The number of halogens is 2. The van der Waals surface area contributed by atoms with Gasteiger partial charge in [0.25, 0.3) is 0 Å². The molecule has 0 saturated heterocycles. The number of aryl methyl sites for hydroxylation is 2. The van der Waals surface area contributed by atoms with Crippen molar-refractivity contribution < 1.29 is 4.39 Å². The molecule has 0 radical (unpaired) electrons. The molecule has 3 nitrogen and oxygen atoms in total. The molecular weight excluding hydrogens is 297 g/mol. The first-order valence-corrected chi connectivity index (χ1v) is 6.68. The second-order valence-electron chi connectivity index (χ2n) is 4.36. The van der Waals surface area contributed by atoms with Gasteiger partial charge >= 0.3 is 0 Å². The molecule has 0 atom stereocenters. The number of pyridine rings is 1. The average Bonchev–Trinajstić information content (AvgIpc) is 2.32. The standard InChI is InChI=1S/C14H13ClFN3S/c1-7-6-11(12(14(17)20)8(2)18-7)19-13-9(15)4-3-5-10(13)16/h3-6H,1-2H3,(H2,17,20)(H,18,19). The number of aromatic nitrogens is 1. The van der Waals surface area contributed by atoms with Crippen molar-refractivity contribution in [3.8, 4) is 0 Å². The molecule has 0 aliphatic carbocycles. The molecule has 2 aromatic rings. The number of anilines is 2. The van der Waals surface area contributed by atoms with Gasteiger partial charge in [-0.1, -0.05) is 29.9 Å². The molecular formula is C14H13ClFN3S. The molecule has 1 aromatic heterocycles. The molecule has 0 saturated carbocycles. The lowest BCUT2D eigenvalue weighted by Crippen LogP contribution is -2.15. The highest BCUT2D eigenvalue weighted by atomic mass is 35.5. The van der Waals surface area contributed by atoms with Crippen LogP contribution >= 0.6 is 23.8 Å². The van der Waals surface area contributed by atoms with Crippen molar-refractivity contribution in [3.63, 3.8) is 0 Å². The molecule has 3 N–H and O–H groups in total. The van der Waals surface area contributed by atoms with E-state index in [1.54, 1.807) is 25.1 Å². The molecule has 2 rings (SSSR count). The molecule has 0 amide bonds. The summed E-state index contributed by atoms with van der Waals surface area (Å²) in [6, 6.07) is 6.23. The second kappa shape index (κ2) is 5.73. The van der Waals surface area contributed by atoms with E-state index in [2.05, 4.69) is 10.3 Å². The quantitative estimate of drug-likeness (QED) is 0.845. The van der Waals surface area contributed by atoms with E-state index in [1.807, 2.05) is 6.92 Å². The fraction of sp³-hybridized carbons (Fsp3) is 0.143. The zero-order chi connectivity index (χ0) is 14.9. The molecule has 0 unspecified atom stereocenters. The molecule has 0 fully saturated rings. The third-order valence-electron chi connectivity index (χ3n) is 2.80. The highest BCUT2D eigenvalue weighted by Crippen LogP contribution is 2.30. The Hall–Kier alpha value is -1.72. The molecule has 1 aromatic carbocycles. The van der Waals surface area contributed by atoms with Gasteiger partial charge < -0.3 is 11.1 Å². The van der Waals surface area contributed by atoms with Crippen molar-refractivity contribution in [3.05, 3.63) is 52.1 Å². The van der Waals surface area contributed by atoms with Gasteiger partial charge in [0.15, 0.2) is 0 Å². The largest absolute Gasteiger partial charge is 0.389 e. The van der Waals surface area contributed by atoms with E-state index < -0.39 is 5.82 Å². The Morgan fingerprint density at radius 2 is 2.10 bits per heavy atom. The van der Waals surface area contributed by atoms with Gasteiger partial charge in [0.05, 0.1) is 22.0 Å². The van der Waals surface area contributed by atoms with Crippen LogP contribution in [0.5, 0.6) is 0 Å². The minimum absolute atomic E-state index is 0.191. The van der Waals surface area contributed by atoms with Gasteiger partial charge in [-0.25, -0.2) is 4.39 Å². The monoisotopic (exact) mass is 309 g/mol. The highest BCUT2D eigenvalue weighted by molar-refractivity contribution is 7.80. The second-order valence-corrected chi connectivity index (χ2v) is 5.20. The van der Waals surface area contributed by atoms with Gasteiger partial charge in [-0.15, -0.1) is 0 Å². The zero-order valence-corrected chi connectivity index (χ0v) is 12.6. The maximum Gasteiger partial charge on any atom is 0.148 e. The number of hydrogen-bond donors (Lipinski definition) is 2. The van der Waals surface area contributed by atoms with Crippen molar-refractivity contribution >= 4 is 40.2 Å². The van der Waals surface area contributed by atoms with Crippen molar-refractivity contribution in [2.75, 3.05) is 5.32 Å². The van der Waals surface area contributed by atoms with Gasteiger partial charge in [-0.05, 0) is 32.0 Å². The number of nitrogens with one attached hydrogen (secondary N) is 1. The lowest BCUT2D eigenvalue weighted by atomic mass is 10.1. The minimum Gasteiger partial charge on any atom is -0.389 e. The number of nitrogens with two attached hydrogens (primary N) is 1. The third kappa shape index (κ3) is 2.89. The number of para-hydroxylation sites is 1. The number of rotatable bonds is 3. The predicted molar refractivity (Wildman–Crippen MR) is 84.3 cm³/mol. The third-order valence-corrected chi connectivity index (χ3v) is 3.32. The van der Waals surface area contributed by atoms with Crippen molar-refractivity contribution in [1.29, 1.82) is 0 Å². The molecule has 1 heterocycles. The topological polar surface area (TPSA) is 50.9 Å². The summed E-state index contributed by atoms with van der Waals surface area (Å²) in [6.45, 7) is 3.64. The van der Waals surface area contributed by atoms with Crippen LogP contribution in [-0.4, -0.2) is 9.97 Å². The van der Waals surface area contributed by atoms with E-state index in [1.165, 1.54) is 6.07 Å². The Kier molecular flexibility index (Phi) is 4.20. The Morgan fingerprint density at radius 1 is 1.40 bits per heavy atom. The highest BCUT2D eigenvalue weighted by Gasteiger charge is 2.14. The van der Waals surface area contributed by atoms with Crippen molar-refractivity contribution in [1.82, 2.24) is 4.98 Å². The smallest absolute Gasteiger partial charge is 0.148 e. The predicted octanol–water partition coefficient (Wildman–Crippen LogP) is 3.87. The minimum atomic E-state index is -0.446. The maximum absolute atomic E-state index is 13.8. The fourth-order valence-electron chi connectivity index (χ4n) is 1.99. The normalized spacial score (nSPS) is 10.4. The summed E-state index contributed by atoms with van der Waals surface area (Å²) in [5, 5.41) is 3.24. The molecule has 0 aliphatic rings. The van der Waals surface area contributed by atoms with Crippen LogP contribution in [0, 0.1) is 19.7 Å². The van der Waals surface area contributed by atoms with Crippen LogP contribution in [0.25, 0.3) is 0 Å². The fourth-order valence-corrected chi connectivity index (χ4v) is 2.46. The molecule has 0 aliphatic heterocycles. The Balaban J connectivity index is 2.56. The van der Waals surface area contributed by atoms with E-state index in [0.717, 1.165) is 5.69 Å².